The summed E-state index contributed by atoms with van der Waals surface area (Å²) in [6.07, 6.45) is 0.661. The molecule has 0 spiro atoms. The number of rotatable bonds is 6. The molecule has 2 aromatic carbocycles. The summed E-state index contributed by atoms with van der Waals surface area (Å²) in [5, 5.41) is 0. The largest absolute Gasteiger partial charge is 0.489 e. The Morgan fingerprint density at radius 1 is 1.13 bits per heavy atom. The molecule has 0 saturated carbocycles. The molecule has 0 heterocycles. The van der Waals surface area contributed by atoms with Gasteiger partial charge >= 0.3 is 5.97 Å². The highest BCUT2D eigenvalue weighted by Gasteiger charge is 2.20. The van der Waals surface area contributed by atoms with E-state index in [1.54, 1.807) is 19.9 Å². The van der Waals surface area contributed by atoms with Gasteiger partial charge in [0, 0.05) is 5.56 Å². The van der Waals surface area contributed by atoms with Crippen LogP contribution in [-0.2, 0) is 11.3 Å². The topological polar surface area (TPSA) is 52.6 Å². The molecule has 0 aromatic heterocycles. The van der Waals surface area contributed by atoms with E-state index in [0.29, 0.717) is 29.8 Å². The first-order valence-electron chi connectivity index (χ1n) is 7.51. The van der Waals surface area contributed by atoms with Gasteiger partial charge in [0.25, 0.3) is 0 Å². The summed E-state index contributed by atoms with van der Waals surface area (Å²) < 4.78 is 10.9. The third-order valence-electron chi connectivity index (χ3n) is 3.73. The van der Waals surface area contributed by atoms with E-state index < -0.39 is 5.97 Å². The molecule has 0 fully saturated rings. The van der Waals surface area contributed by atoms with Gasteiger partial charge in [-0.15, -0.1) is 0 Å². The highest BCUT2D eigenvalue weighted by molar-refractivity contribution is 6.00. The Bertz CT molecular complexity index is 705. The predicted octanol–water partition coefficient (Wildman–Crippen LogP) is 3.87. The van der Waals surface area contributed by atoms with Crippen molar-refractivity contribution in [1.29, 1.82) is 0 Å². The SMILES string of the molecule is CCOC(=O)c1c(C=O)cc(OCc2ccccc2)c(C)c1C. The van der Waals surface area contributed by atoms with Crippen molar-refractivity contribution in [3.8, 4) is 5.75 Å². The molecule has 2 rings (SSSR count). The van der Waals surface area contributed by atoms with Crippen LogP contribution in [0.4, 0.5) is 0 Å². The standard InChI is InChI=1S/C19H20O4/c1-4-22-19(21)18-14(3)13(2)17(10-16(18)11-20)23-12-15-8-6-5-7-9-15/h5-11H,4,12H2,1-3H3. The van der Waals surface area contributed by atoms with Crippen LogP contribution < -0.4 is 4.74 Å². The summed E-state index contributed by atoms with van der Waals surface area (Å²) in [6, 6.07) is 11.4. The molecule has 0 N–H and O–H groups in total. The monoisotopic (exact) mass is 312 g/mol. The van der Waals surface area contributed by atoms with Crippen molar-refractivity contribution < 1.29 is 19.1 Å². The fraction of sp³-hybridized carbons (Fsp3) is 0.263. The van der Waals surface area contributed by atoms with Gasteiger partial charge in [-0.2, -0.15) is 0 Å². The number of carbonyl (C=O) groups excluding carboxylic acids is 2. The highest BCUT2D eigenvalue weighted by Crippen LogP contribution is 2.28. The van der Waals surface area contributed by atoms with Gasteiger partial charge in [-0.25, -0.2) is 4.79 Å². The average Bonchev–Trinajstić information content (AvgIpc) is 2.57. The normalized spacial score (nSPS) is 10.2. The molecule has 0 amide bonds. The van der Waals surface area contributed by atoms with Crippen LogP contribution in [0.3, 0.4) is 0 Å². The average molecular weight is 312 g/mol. The van der Waals surface area contributed by atoms with Crippen molar-refractivity contribution in [2.75, 3.05) is 6.61 Å². The highest BCUT2D eigenvalue weighted by atomic mass is 16.5. The molecule has 0 radical (unpaired) electrons. The van der Waals surface area contributed by atoms with Crippen molar-refractivity contribution in [3.05, 3.63) is 64.2 Å². The molecule has 0 unspecified atom stereocenters. The van der Waals surface area contributed by atoms with Gasteiger partial charge in [0.1, 0.15) is 12.4 Å². The van der Waals surface area contributed by atoms with Crippen LogP contribution in [-0.4, -0.2) is 18.9 Å². The van der Waals surface area contributed by atoms with Crippen molar-refractivity contribution in [2.45, 2.75) is 27.4 Å². The van der Waals surface area contributed by atoms with Gasteiger partial charge in [0.05, 0.1) is 12.2 Å². The van der Waals surface area contributed by atoms with E-state index in [4.69, 9.17) is 9.47 Å². The van der Waals surface area contributed by atoms with Crippen LogP contribution in [0.2, 0.25) is 0 Å². The summed E-state index contributed by atoms with van der Waals surface area (Å²) in [5.74, 6) is 0.117. The second-order valence-corrected chi connectivity index (χ2v) is 5.20. The minimum absolute atomic E-state index is 0.266. The summed E-state index contributed by atoms with van der Waals surface area (Å²) >= 11 is 0. The first-order chi connectivity index (χ1) is 11.1. The molecule has 120 valence electrons. The maximum atomic E-state index is 12.1. The van der Waals surface area contributed by atoms with Gasteiger partial charge in [-0.1, -0.05) is 30.3 Å². The number of esters is 1. The van der Waals surface area contributed by atoms with Crippen LogP contribution in [0.25, 0.3) is 0 Å². The van der Waals surface area contributed by atoms with E-state index in [1.165, 1.54) is 0 Å². The van der Waals surface area contributed by atoms with Gasteiger partial charge in [-0.3, -0.25) is 4.79 Å². The number of aldehydes is 1. The first-order valence-corrected chi connectivity index (χ1v) is 7.51. The lowest BCUT2D eigenvalue weighted by atomic mass is 9.97. The van der Waals surface area contributed by atoms with Crippen LogP contribution in [0.5, 0.6) is 5.75 Å². The third kappa shape index (κ3) is 3.77. The van der Waals surface area contributed by atoms with Crippen molar-refractivity contribution in [3.63, 3.8) is 0 Å². The fourth-order valence-corrected chi connectivity index (χ4v) is 2.36. The number of hydrogen-bond donors (Lipinski definition) is 0. The molecule has 0 aliphatic carbocycles. The van der Waals surface area contributed by atoms with Crippen LogP contribution in [0, 0.1) is 13.8 Å². The second-order valence-electron chi connectivity index (χ2n) is 5.20. The fourth-order valence-electron chi connectivity index (χ4n) is 2.36. The Kier molecular flexibility index (Phi) is 5.52. The number of benzene rings is 2. The van der Waals surface area contributed by atoms with E-state index in [1.807, 2.05) is 37.3 Å². The predicted molar refractivity (Wildman–Crippen MR) is 88.0 cm³/mol. The third-order valence-corrected chi connectivity index (χ3v) is 3.73. The Morgan fingerprint density at radius 3 is 2.43 bits per heavy atom. The molecule has 0 aliphatic heterocycles. The van der Waals surface area contributed by atoms with Crippen LogP contribution >= 0.6 is 0 Å². The van der Waals surface area contributed by atoms with E-state index >= 15 is 0 Å². The van der Waals surface area contributed by atoms with Gasteiger partial charge in [0.2, 0.25) is 0 Å². The summed E-state index contributed by atoms with van der Waals surface area (Å²) in [6.45, 7) is 6.06. The Labute approximate surface area is 136 Å². The van der Waals surface area contributed by atoms with Crippen LogP contribution in [0.15, 0.2) is 36.4 Å². The van der Waals surface area contributed by atoms with Gasteiger partial charge in [0.15, 0.2) is 6.29 Å². The van der Waals surface area contributed by atoms with E-state index in [-0.39, 0.29) is 12.2 Å². The van der Waals surface area contributed by atoms with Crippen LogP contribution in [0.1, 0.15) is 44.3 Å². The first kappa shape index (κ1) is 16.7. The zero-order valence-electron chi connectivity index (χ0n) is 13.6. The Hall–Kier alpha value is -2.62. The van der Waals surface area contributed by atoms with Crippen molar-refractivity contribution >= 4 is 12.3 Å². The summed E-state index contributed by atoms with van der Waals surface area (Å²) in [7, 11) is 0. The number of ether oxygens (including phenoxy) is 2. The molecule has 0 bridgehead atoms. The number of carbonyl (C=O) groups is 2. The molecular formula is C19H20O4. The number of hydrogen-bond acceptors (Lipinski definition) is 4. The molecule has 0 atom stereocenters. The molecule has 23 heavy (non-hydrogen) atoms. The molecular weight excluding hydrogens is 292 g/mol. The van der Waals surface area contributed by atoms with E-state index in [2.05, 4.69) is 0 Å². The van der Waals surface area contributed by atoms with Gasteiger partial charge < -0.3 is 9.47 Å². The van der Waals surface area contributed by atoms with E-state index in [0.717, 1.165) is 11.1 Å². The molecule has 4 nitrogen and oxygen atoms in total. The summed E-state index contributed by atoms with van der Waals surface area (Å²) in [4.78, 5) is 23.4. The Balaban J connectivity index is 2.33. The van der Waals surface area contributed by atoms with E-state index in [9.17, 15) is 9.59 Å². The maximum absolute atomic E-state index is 12.1. The van der Waals surface area contributed by atoms with Crippen molar-refractivity contribution in [1.82, 2.24) is 0 Å². The quantitative estimate of drug-likeness (QED) is 0.600. The maximum Gasteiger partial charge on any atom is 0.339 e. The zero-order valence-corrected chi connectivity index (χ0v) is 13.6. The molecule has 0 saturated heterocycles. The minimum atomic E-state index is -0.482. The molecule has 0 aliphatic rings. The van der Waals surface area contributed by atoms with Crippen molar-refractivity contribution in [2.24, 2.45) is 0 Å². The lowest BCUT2D eigenvalue weighted by Gasteiger charge is -2.16. The summed E-state index contributed by atoms with van der Waals surface area (Å²) in [5.41, 5.74) is 3.17. The van der Waals surface area contributed by atoms with Gasteiger partial charge in [-0.05, 0) is 43.5 Å². The Morgan fingerprint density at radius 2 is 1.83 bits per heavy atom. The second kappa shape index (κ2) is 7.58. The minimum Gasteiger partial charge on any atom is -0.489 e. The zero-order chi connectivity index (χ0) is 16.8. The smallest absolute Gasteiger partial charge is 0.339 e. The lowest BCUT2D eigenvalue weighted by molar-refractivity contribution is 0.0523. The molecule has 2 aromatic rings. The molecule has 4 heteroatoms. The lowest BCUT2D eigenvalue weighted by Crippen LogP contribution is -2.12.